The maximum absolute atomic E-state index is 12.7. The van der Waals surface area contributed by atoms with Gasteiger partial charge < -0.3 is 24.6 Å². The third-order valence-electron chi connectivity index (χ3n) is 11.4. The van der Waals surface area contributed by atoms with Gasteiger partial charge in [-0.25, -0.2) is 4.57 Å². The Balaban J connectivity index is 4.21. The summed E-state index contributed by atoms with van der Waals surface area (Å²) in [5.41, 5.74) is 0. The molecular formula is C54H99O10P. The zero-order chi connectivity index (χ0) is 47.6. The normalized spacial score (nSPS) is 14.0. The molecule has 0 heterocycles. The van der Waals surface area contributed by atoms with Crippen LogP contribution in [0.5, 0.6) is 0 Å². The maximum atomic E-state index is 12.7. The van der Waals surface area contributed by atoms with Gasteiger partial charge in [-0.1, -0.05) is 204 Å². The lowest BCUT2D eigenvalue weighted by Crippen LogP contribution is -2.29. The van der Waals surface area contributed by atoms with Crippen molar-refractivity contribution >= 4 is 19.8 Å². The van der Waals surface area contributed by atoms with Gasteiger partial charge in [0.15, 0.2) is 6.10 Å². The Morgan fingerprint density at radius 2 is 0.831 bits per heavy atom. The largest absolute Gasteiger partial charge is 0.472 e. The lowest BCUT2D eigenvalue weighted by atomic mass is 10.0. The van der Waals surface area contributed by atoms with Gasteiger partial charge in [-0.3, -0.25) is 18.6 Å². The van der Waals surface area contributed by atoms with Gasteiger partial charge in [0.2, 0.25) is 0 Å². The van der Waals surface area contributed by atoms with E-state index in [1.54, 1.807) is 0 Å². The van der Waals surface area contributed by atoms with Gasteiger partial charge in [0, 0.05) is 12.8 Å². The molecule has 10 nitrogen and oxygen atoms in total. The van der Waals surface area contributed by atoms with E-state index in [-0.39, 0.29) is 19.4 Å². The number of hydrogen-bond donors (Lipinski definition) is 3. The van der Waals surface area contributed by atoms with Crippen LogP contribution < -0.4 is 0 Å². The van der Waals surface area contributed by atoms with Crippen molar-refractivity contribution in [2.45, 2.75) is 257 Å². The minimum absolute atomic E-state index is 0.124. The first kappa shape index (κ1) is 62.9. The molecule has 0 aromatic heterocycles. The summed E-state index contributed by atoms with van der Waals surface area (Å²) >= 11 is 0. The van der Waals surface area contributed by atoms with E-state index in [9.17, 15) is 24.2 Å². The molecule has 0 spiro atoms. The highest BCUT2D eigenvalue weighted by atomic mass is 31.2. The summed E-state index contributed by atoms with van der Waals surface area (Å²) in [5.74, 6) is -0.973. The molecule has 0 radical (unpaired) electrons. The Morgan fingerprint density at radius 1 is 0.462 bits per heavy atom. The summed E-state index contributed by atoms with van der Waals surface area (Å²) in [7, 11) is -4.64. The van der Waals surface area contributed by atoms with Crippen molar-refractivity contribution in [1.29, 1.82) is 0 Å². The molecule has 0 aromatic rings. The number of ether oxygens (including phenoxy) is 2. The molecule has 0 aliphatic rings. The number of aliphatic hydroxyl groups is 2. The van der Waals surface area contributed by atoms with E-state index in [4.69, 9.17) is 23.6 Å². The third kappa shape index (κ3) is 49.7. The van der Waals surface area contributed by atoms with Crippen LogP contribution in [0.15, 0.2) is 48.6 Å². The van der Waals surface area contributed by atoms with Crippen LogP contribution in [-0.2, 0) is 32.7 Å². The molecule has 3 atom stereocenters. The Hall–Kier alpha value is -2.07. The molecular weight excluding hydrogens is 840 g/mol. The highest BCUT2D eigenvalue weighted by Gasteiger charge is 2.27. The summed E-state index contributed by atoms with van der Waals surface area (Å²) in [4.78, 5) is 35.2. The molecule has 0 aliphatic heterocycles. The molecule has 11 heteroatoms. The average Bonchev–Trinajstić information content (AvgIpc) is 3.30. The summed E-state index contributed by atoms with van der Waals surface area (Å²) in [5, 5.41) is 18.4. The van der Waals surface area contributed by atoms with Crippen molar-refractivity contribution in [3.05, 3.63) is 48.6 Å². The minimum atomic E-state index is -4.64. The molecule has 0 saturated carbocycles. The lowest BCUT2D eigenvalue weighted by molar-refractivity contribution is -0.161. The summed E-state index contributed by atoms with van der Waals surface area (Å²) < 4.78 is 32.8. The van der Waals surface area contributed by atoms with Gasteiger partial charge in [0.05, 0.1) is 19.8 Å². The van der Waals surface area contributed by atoms with Gasteiger partial charge in [0.25, 0.3) is 0 Å². The van der Waals surface area contributed by atoms with Gasteiger partial charge in [-0.15, -0.1) is 0 Å². The van der Waals surface area contributed by atoms with Crippen LogP contribution in [0.25, 0.3) is 0 Å². The third-order valence-corrected chi connectivity index (χ3v) is 12.4. The van der Waals surface area contributed by atoms with Crippen LogP contribution in [0.2, 0.25) is 0 Å². The second-order valence-electron chi connectivity index (χ2n) is 17.9. The van der Waals surface area contributed by atoms with E-state index in [1.807, 2.05) is 0 Å². The highest BCUT2D eigenvalue weighted by Crippen LogP contribution is 2.43. The van der Waals surface area contributed by atoms with Crippen molar-refractivity contribution < 1.29 is 47.8 Å². The Kier molecular flexibility index (Phi) is 48.2. The van der Waals surface area contributed by atoms with E-state index in [2.05, 4.69) is 62.5 Å². The van der Waals surface area contributed by atoms with Crippen LogP contribution >= 0.6 is 7.82 Å². The number of unbranched alkanes of at least 4 members (excludes halogenated alkanes) is 28. The monoisotopic (exact) mass is 939 g/mol. The summed E-state index contributed by atoms with van der Waals surface area (Å²) in [6.07, 6.45) is 56.6. The van der Waals surface area contributed by atoms with Crippen molar-refractivity contribution in [3.8, 4) is 0 Å². The van der Waals surface area contributed by atoms with Crippen LogP contribution in [0.4, 0.5) is 0 Å². The SMILES string of the molecule is CCCCC/C=C/C/C=C/CCCCCCCCCCCC(=O)OC[C@H](COP(=O)(O)OC[C@@H](O)CO)OC(=O)CCC/C=C/CC/C=C/CCCCCCCCCCCCCCCC. The van der Waals surface area contributed by atoms with Crippen molar-refractivity contribution in [2.24, 2.45) is 0 Å². The molecule has 1 unspecified atom stereocenters. The summed E-state index contributed by atoms with van der Waals surface area (Å²) in [6, 6.07) is 0. The number of phosphoric ester groups is 1. The van der Waals surface area contributed by atoms with Gasteiger partial charge >= 0.3 is 19.8 Å². The molecule has 0 rings (SSSR count). The number of aliphatic hydroxyl groups excluding tert-OH is 2. The highest BCUT2D eigenvalue weighted by molar-refractivity contribution is 7.47. The van der Waals surface area contributed by atoms with Gasteiger partial charge in [0.1, 0.15) is 12.7 Å². The van der Waals surface area contributed by atoms with Crippen LogP contribution in [0.3, 0.4) is 0 Å². The van der Waals surface area contributed by atoms with Crippen molar-refractivity contribution in [2.75, 3.05) is 26.4 Å². The first-order valence-electron chi connectivity index (χ1n) is 26.6. The molecule has 0 fully saturated rings. The Bertz CT molecular complexity index is 1220. The standard InChI is InChI=1S/C54H99O10P/c1-3-5-7-9-11-13-15-17-19-21-23-24-25-26-28-30-32-34-36-38-40-42-44-46-54(58)64-52(50-63-65(59,60)62-48-51(56)47-55)49-61-53(57)45-43-41-39-37-35-33-31-29-27-22-20-18-16-14-12-10-8-6-4-2/h12,14,18,20,30,32,38,40,51-52,55-56H,3-11,13,15-17,19,21-29,31,33-37,39,41-50H2,1-2H3,(H,59,60)/b14-12+,20-18+,32-30+,40-38+/t51-,52+/m0/s1. The molecule has 3 N–H and O–H groups in total. The smallest absolute Gasteiger partial charge is 0.462 e. The van der Waals surface area contributed by atoms with Crippen molar-refractivity contribution in [3.63, 3.8) is 0 Å². The zero-order valence-corrected chi connectivity index (χ0v) is 42.6. The zero-order valence-electron chi connectivity index (χ0n) is 41.7. The second kappa shape index (κ2) is 49.8. The molecule has 65 heavy (non-hydrogen) atoms. The van der Waals surface area contributed by atoms with E-state index in [0.29, 0.717) is 19.3 Å². The average molecular weight is 939 g/mol. The fraction of sp³-hybridized carbons (Fsp3) is 0.815. The number of phosphoric acid groups is 1. The topological polar surface area (TPSA) is 149 Å². The van der Waals surface area contributed by atoms with E-state index < -0.39 is 51.8 Å². The Labute approximate surface area is 398 Å². The quantitative estimate of drug-likeness (QED) is 0.0233. The van der Waals surface area contributed by atoms with Crippen LogP contribution in [-0.4, -0.2) is 65.7 Å². The molecule has 0 amide bonds. The van der Waals surface area contributed by atoms with Gasteiger partial charge in [-0.2, -0.15) is 0 Å². The molecule has 380 valence electrons. The summed E-state index contributed by atoms with van der Waals surface area (Å²) in [6.45, 7) is 2.35. The second-order valence-corrected chi connectivity index (χ2v) is 19.3. The van der Waals surface area contributed by atoms with E-state index >= 15 is 0 Å². The van der Waals surface area contributed by atoms with Crippen LogP contribution in [0, 0.1) is 0 Å². The molecule has 0 aliphatic carbocycles. The van der Waals surface area contributed by atoms with E-state index in [1.165, 1.54) is 148 Å². The number of carbonyl (C=O) groups is 2. The van der Waals surface area contributed by atoms with E-state index in [0.717, 1.165) is 51.4 Å². The minimum Gasteiger partial charge on any atom is -0.462 e. The number of allylic oxidation sites excluding steroid dienone is 8. The van der Waals surface area contributed by atoms with Crippen LogP contribution in [0.1, 0.15) is 245 Å². The molecule has 0 bridgehead atoms. The van der Waals surface area contributed by atoms with Crippen molar-refractivity contribution in [1.82, 2.24) is 0 Å². The predicted octanol–water partition coefficient (Wildman–Crippen LogP) is 15.2. The lowest BCUT2D eigenvalue weighted by Gasteiger charge is -2.20. The van der Waals surface area contributed by atoms with Gasteiger partial charge in [-0.05, 0) is 77.0 Å². The molecule has 0 aromatic carbocycles. The fourth-order valence-corrected chi connectivity index (χ4v) is 8.13. The first-order chi connectivity index (χ1) is 31.7. The number of carbonyl (C=O) groups excluding carboxylic acids is 2. The maximum Gasteiger partial charge on any atom is 0.472 e. The number of hydrogen-bond acceptors (Lipinski definition) is 9. The Morgan fingerprint density at radius 3 is 1.32 bits per heavy atom. The predicted molar refractivity (Wildman–Crippen MR) is 270 cm³/mol. The first-order valence-corrected chi connectivity index (χ1v) is 28.1. The number of rotatable bonds is 50. The molecule has 0 saturated heterocycles. The fourth-order valence-electron chi connectivity index (χ4n) is 7.34. The number of esters is 2.